The van der Waals surface area contributed by atoms with Crippen LogP contribution in [0.4, 0.5) is 0 Å². The van der Waals surface area contributed by atoms with Crippen LogP contribution in [-0.4, -0.2) is 18.5 Å². The van der Waals surface area contributed by atoms with Crippen LogP contribution in [0.1, 0.15) is 17.9 Å². The average molecular weight is 269 g/mol. The smallest absolute Gasteiger partial charge is 0.231 e. The Morgan fingerprint density at radius 3 is 2.73 bits per heavy atom. The van der Waals surface area contributed by atoms with E-state index in [-0.39, 0.29) is 12.5 Å². The normalized spacial score (nSPS) is 23.8. The van der Waals surface area contributed by atoms with Crippen molar-refractivity contribution < 1.29 is 4.79 Å². The molecule has 3 nitrogen and oxygen atoms in total. The van der Waals surface area contributed by atoms with Gasteiger partial charge in [0.2, 0.25) is 5.91 Å². The molecule has 0 spiro atoms. The zero-order chi connectivity index (χ0) is 10.8. The van der Waals surface area contributed by atoms with Crippen molar-refractivity contribution in [1.29, 1.82) is 0 Å². The molecule has 1 aromatic carbocycles. The quantitative estimate of drug-likeness (QED) is 0.867. The second kappa shape index (κ2) is 4.33. The first-order chi connectivity index (χ1) is 7.16. The minimum atomic E-state index is -0.295. The van der Waals surface area contributed by atoms with Gasteiger partial charge in [-0.2, -0.15) is 0 Å². The van der Waals surface area contributed by atoms with Crippen molar-refractivity contribution in [3.05, 3.63) is 34.3 Å². The summed E-state index contributed by atoms with van der Waals surface area (Å²) in [6.07, 6.45) is 1.09. The molecule has 0 aliphatic heterocycles. The maximum Gasteiger partial charge on any atom is 0.231 e. The fourth-order valence-corrected chi connectivity index (χ4v) is 1.99. The lowest BCUT2D eigenvalue weighted by molar-refractivity contribution is -0.117. The molecule has 1 aliphatic rings. The summed E-state index contributed by atoms with van der Waals surface area (Å²) in [7, 11) is 0. The van der Waals surface area contributed by atoms with E-state index in [1.54, 1.807) is 0 Å². The van der Waals surface area contributed by atoms with Gasteiger partial charge in [0, 0.05) is 16.4 Å². The number of rotatable bonds is 4. The maximum atomic E-state index is 10.6. The number of nitrogens with one attached hydrogen (secondary N) is 1. The molecule has 3 N–H and O–H groups in total. The van der Waals surface area contributed by atoms with Gasteiger partial charge in [-0.25, -0.2) is 0 Å². The van der Waals surface area contributed by atoms with Crippen LogP contribution in [-0.2, 0) is 4.79 Å². The molecule has 0 radical (unpaired) electrons. The molecule has 1 amide bonds. The Balaban J connectivity index is 1.88. The molecule has 4 heteroatoms. The number of amides is 1. The van der Waals surface area contributed by atoms with Gasteiger partial charge >= 0.3 is 0 Å². The van der Waals surface area contributed by atoms with Gasteiger partial charge in [0.1, 0.15) is 0 Å². The Morgan fingerprint density at radius 2 is 2.13 bits per heavy atom. The van der Waals surface area contributed by atoms with Gasteiger partial charge in [-0.05, 0) is 24.1 Å². The first-order valence-electron chi connectivity index (χ1n) is 4.94. The monoisotopic (exact) mass is 268 g/mol. The molecular formula is C11H13BrN2O. The van der Waals surface area contributed by atoms with Crippen LogP contribution >= 0.6 is 15.9 Å². The molecule has 0 saturated heterocycles. The highest BCUT2D eigenvalue weighted by molar-refractivity contribution is 9.10. The highest BCUT2D eigenvalue weighted by Gasteiger charge is 2.37. The Hall–Kier alpha value is -0.870. The topological polar surface area (TPSA) is 55.1 Å². The molecule has 1 fully saturated rings. The van der Waals surface area contributed by atoms with Gasteiger partial charge in [-0.15, -0.1) is 0 Å². The number of halogens is 1. The lowest BCUT2D eigenvalue weighted by Gasteiger charge is -2.01. The first kappa shape index (κ1) is 10.6. The van der Waals surface area contributed by atoms with Crippen molar-refractivity contribution in [3.63, 3.8) is 0 Å². The SMILES string of the molecule is NC(=O)CNC1CC1c1ccc(Br)cc1. The molecule has 15 heavy (non-hydrogen) atoms. The standard InChI is InChI=1S/C11H13BrN2O/c12-8-3-1-7(2-4-8)9-5-10(9)14-6-11(13)15/h1-4,9-10,14H,5-6H2,(H2,13,15). The van der Waals surface area contributed by atoms with Gasteiger partial charge < -0.3 is 11.1 Å². The van der Waals surface area contributed by atoms with Crippen molar-refractivity contribution >= 4 is 21.8 Å². The van der Waals surface area contributed by atoms with Gasteiger partial charge in [-0.1, -0.05) is 28.1 Å². The van der Waals surface area contributed by atoms with E-state index in [4.69, 9.17) is 5.73 Å². The third-order valence-corrected chi connectivity index (χ3v) is 3.16. The molecule has 1 aliphatic carbocycles. The summed E-state index contributed by atoms with van der Waals surface area (Å²) in [5.74, 6) is 0.244. The Labute approximate surface area is 97.2 Å². The van der Waals surface area contributed by atoms with E-state index in [0.717, 1.165) is 10.9 Å². The molecule has 0 bridgehead atoms. The van der Waals surface area contributed by atoms with Gasteiger partial charge in [0.25, 0.3) is 0 Å². The number of benzene rings is 1. The summed E-state index contributed by atoms with van der Waals surface area (Å²) in [6.45, 7) is 0.275. The van der Waals surface area contributed by atoms with Crippen LogP contribution in [0.5, 0.6) is 0 Å². The minimum Gasteiger partial charge on any atom is -0.369 e. The molecular weight excluding hydrogens is 256 g/mol. The van der Waals surface area contributed by atoms with Crippen LogP contribution < -0.4 is 11.1 Å². The largest absolute Gasteiger partial charge is 0.369 e. The number of primary amides is 1. The molecule has 1 aromatic rings. The second-order valence-corrected chi connectivity index (χ2v) is 4.76. The fourth-order valence-electron chi connectivity index (χ4n) is 1.73. The van der Waals surface area contributed by atoms with Gasteiger partial charge in [0.15, 0.2) is 0 Å². The highest BCUT2D eigenvalue weighted by Crippen LogP contribution is 2.40. The number of carbonyl (C=O) groups is 1. The molecule has 0 aromatic heterocycles. The number of hydrogen-bond donors (Lipinski definition) is 2. The Kier molecular flexibility index (Phi) is 3.07. The molecule has 0 heterocycles. The summed E-state index contributed by atoms with van der Waals surface area (Å²) in [6, 6.07) is 8.72. The van der Waals surface area contributed by atoms with Crippen molar-refractivity contribution in [2.45, 2.75) is 18.4 Å². The molecule has 1 saturated carbocycles. The van der Waals surface area contributed by atoms with E-state index in [1.807, 2.05) is 12.1 Å². The lowest BCUT2D eigenvalue weighted by atomic mass is 10.1. The van der Waals surface area contributed by atoms with Crippen LogP contribution in [0, 0.1) is 0 Å². The van der Waals surface area contributed by atoms with Crippen molar-refractivity contribution in [3.8, 4) is 0 Å². The Bertz CT molecular complexity index is 363. The second-order valence-electron chi connectivity index (χ2n) is 3.85. The van der Waals surface area contributed by atoms with Crippen LogP contribution in [0.15, 0.2) is 28.7 Å². The van der Waals surface area contributed by atoms with Crippen LogP contribution in [0.25, 0.3) is 0 Å². The van der Waals surface area contributed by atoms with E-state index in [1.165, 1.54) is 5.56 Å². The zero-order valence-corrected chi connectivity index (χ0v) is 9.83. The van der Waals surface area contributed by atoms with Crippen LogP contribution in [0.3, 0.4) is 0 Å². The summed E-state index contributed by atoms with van der Waals surface area (Å²) < 4.78 is 1.09. The van der Waals surface area contributed by atoms with Crippen molar-refractivity contribution in [2.24, 2.45) is 5.73 Å². The molecule has 2 unspecified atom stereocenters. The first-order valence-corrected chi connectivity index (χ1v) is 5.73. The average Bonchev–Trinajstić information content (AvgIpc) is 2.95. The number of hydrogen-bond acceptors (Lipinski definition) is 2. The Morgan fingerprint density at radius 1 is 1.47 bits per heavy atom. The number of carbonyl (C=O) groups excluding carboxylic acids is 1. The summed E-state index contributed by atoms with van der Waals surface area (Å²) in [5.41, 5.74) is 6.38. The van der Waals surface area contributed by atoms with E-state index >= 15 is 0 Å². The van der Waals surface area contributed by atoms with E-state index < -0.39 is 0 Å². The van der Waals surface area contributed by atoms with Crippen molar-refractivity contribution in [2.75, 3.05) is 6.54 Å². The highest BCUT2D eigenvalue weighted by atomic mass is 79.9. The fraction of sp³-hybridized carbons (Fsp3) is 0.364. The van der Waals surface area contributed by atoms with Gasteiger partial charge in [0.05, 0.1) is 6.54 Å². The molecule has 2 rings (SSSR count). The van der Waals surface area contributed by atoms with E-state index in [2.05, 4.69) is 33.4 Å². The summed E-state index contributed by atoms with van der Waals surface area (Å²) in [5, 5.41) is 3.13. The lowest BCUT2D eigenvalue weighted by Crippen LogP contribution is -2.30. The minimum absolute atomic E-state index is 0.275. The summed E-state index contributed by atoms with van der Waals surface area (Å²) >= 11 is 3.40. The van der Waals surface area contributed by atoms with E-state index in [0.29, 0.717) is 12.0 Å². The maximum absolute atomic E-state index is 10.6. The zero-order valence-electron chi connectivity index (χ0n) is 8.24. The van der Waals surface area contributed by atoms with E-state index in [9.17, 15) is 4.79 Å². The molecule has 2 atom stereocenters. The van der Waals surface area contributed by atoms with Crippen LogP contribution in [0.2, 0.25) is 0 Å². The third kappa shape index (κ3) is 2.79. The summed E-state index contributed by atoms with van der Waals surface area (Å²) in [4.78, 5) is 10.6. The van der Waals surface area contributed by atoms with Gasteiger partial charge in [-0.3, -0.25) is 4.79 Å². The third-order valence-electron chi connectivity index (χ3n) is 2.63. The number of nitrogens with two attached hydrogens (primary N) is 1. The molecule has 80 valence electrons. The predicted octanol–water partition coefficient (Wildman–Crippen LogP) is 1.38. The predicted molar refractivity (Wildman–Crippen MR) is 62.5 cm³/mol. The van der Waals surface area contributed by atoms with Crippen molar-refractivity contribution in [1.82, 2.24) is 5.32 Å².